The van der Waals surface area contributed by atoms with E-state index in [1.807, 2.05) is 24.6 Å². The third kappa shape index (κ3) is 1.69. The third-order valence-electron chi connectivity index (χ3n) is 0.943. The molecule has 0 aromatic rings. The lowest BCUT2D eigenvalue weighted by molar-refractivity contribution is 0.902. The molecule has 0 saturated carbocycles. The van der Waals surface area contributed by atoms with Crippen LogP contribution < -0.4 is 10.6 Å². The molecule has 0 radical (unpaired) electrons. The van der Waals surface area contributed by atoms with Crippen molar-refractivity contribution in [3.63, 3.8) is 0 Å². The first-order valence-corrected chi connectivity index (χ1v) is 2.77. The van der Waals surface area contributed by atoms with Crippen LogP contribution in [0.15, 0.2) is 24.6 Å². The van der Waals surface area contributed by atoms with Gasteiger partial charge in [0.2, 0.25) is 0 Å². The predicted octanol–water partition coefficient (Wildman–Crippen LogP) is 0.207. The summed E-state index contributed by atoms with van der Waals surface area (Å²) in [6.07, 6.45) is 8.00. The van der Waals surface area contributed by atoms with Crippen LogP contribution in [-0.2, 0) is 0 Å². The normalized spacial score (nSPS) is 22.0. The average Bonchev–Trinajstić information content (AvgIpc) is 1.62. The van der Waals surface area contributed by atoms with E-state index in [-0.39, 0.29) is 0 Å². The Balaban J connectivity index is 2.29. The molecule has 44 valence electrons. The molecule has 0 spiro atoms. The molecule has 0 saturated heterocycles. The zero-order valence-corrected chi connectivity index (χ0v) is 4.72. The summed E-state index contributed by atoms with van der Waals surface area (Å²) in [6, 6.07) is 0. The van der Waals surface area contributed by atoms with Gasteiger partial charge in [-0.1, -0.05) is 0 Å². The standard InChI is InChI=1S/C6H10N2/c1-3-7-5-2-6-8-4-1/h1-3,6-8H,4-5H2/b3-1-,6-2?. The SMILES string of the molecule is C1=CNC/C=C\NC1. The van der Waals surface area contributed by atoms with Crippen molar-refractivity contribution in [1.82, 2.24) is 10.6 Å². The Labute approximate surface area is 49.3 Å². The van der Waals surface area contributed by atoms with Crippen LogP contribution in [0.25, 0.3) is 0 Å². The molecular weight excluding hydrogens is 100 g/mol. The first kappa shape index (κ1) is 5.22. The van der Waals surface area contributed by atoms with E-state index in [0.29, 0.717) is 0 Å². The Morgan fingerprint density at radius 3 is 1.88 bits per heavy atom. The summed E-state index contributed by atoms with van der Waals surface area (Å²) in [7, 11) is 0. The minimum absolute atomic E-state index is 0.920. The molecule has 0 amide bonds. The highest BCUT2D eigenvalue weighted by Gasteiger charge is 1.77. The summed E-state index contributed by atoms with van der Waals surface area (Å²) in [5.41, 5.74) is 0. The average molecular weight is 110 g/mol. The minimum atomic E-state index is 0.920. The van der Waals surface area contributed by atoms with Crippen LogP contribution in [0.5, 0.6) is 0 Å². The van der Waals surface area contributed by atoms with Gasteiger partial charge in [0.15, 0.2) is 0 Å². The Morgan fingerprint density at radius 2 is 1.38 bits per heavy atom. The van der Waals surface area contributed by atoms with E-state index < -0.39 is 0 Å². The molecule has 0 atom stereocenters. The van der Waals surface area contributed by atoms with Crippen molar-refractivity contribution < 1.29 is 0 Å². The number of nitrogens with one attached hydrogen (secondary N) is 2. The van der Waals surface area contributed by atoms with Gasteiger partial charge in [-0.2, -0.15) is 0 Å². The Morgan fingerprint density at radius 1 is 0.875 bits per heavy atom. The lowest BCUT2D eigenvalue weighted by Crippen LogP contribution is -2.12. The molecule has 1 aliphatic rings. The van der Waals surface area contributed by atoms with Gasteiger partial charge in [-0.05, 0) is 24.6 Å². The minimum Gasteiger partial charge on any atom is -0.388 e. The Bertz CT molecular complexity index is 79.1. The van der Waals surface area contributed by atoms with E-state index in [1.54, 1.807) is 0 Å². The van der Waals surface area contributed by atoms with Crippen LogP contribution in [0, 0.1) is 0 Å². The molecule has 2 heteroatoms. The monoisotopic (exact) mass is 110 g/mol. The second kappa shape index (κ2) is 3.13. The highest BCUT2D eigenvalue weighted by atomic mass is 14.9. The molecule has 1 rings (SSSR count). The summed E-state index contributed by atoms with van der Waals surface area (Å²) in [5, 5.41) is 6.16. The molecule has 0 fully saturated rings. The number of hydrogen-bond acceptors (Lipinski definition) is 2. The van der Waals surface area contributed by atoms with Gasteiger partial charge in [-0.25, -0.2) is 0 Å². The maximum atomic E-state index is 3.08. The van der Waals surface area contributed by atoms with E-state index in [4.69, 9.17) is 0 Å². The summed E-state index contributed by atoms with van der Waals surface area (Å²) < 4.78 is 0. The molecule has 0 unspecified atom stereocenters. The van der Waals surface area contributed by atoms with Crippen LogP contribution in [0.2, 0.25) is 0 Å². The van der Waals surface area contributed by atoms with Gasteiger partial charge in [0.1, 0.15) is 0 Å². The number of rotatable bonds is 0. The summed E-state index contributed by atoms with van der Waals surface area (Å²) in [5.74, 6) is 0. The molecule has 0 aromatic carbocycles. The Hall–Kier alpha value is -0.920. The van der Waals surface area contributed by atoms with Gasteiger partial charge >= 0.3 is 0 Å². The van der Waals surface area contributed by atoms with E-state index in [9.17, 15) is 0 Å². The molecule has 8 heavy (non-hydrogen) atoms. The van der Waals surface area contributed by atoms with Gasteiger partial charge in [0.25, 0.3) is 0 Å². The highest BCUT2D eigenvalue weighted by molar-refractivity contribution is 4.92. The number of hydrogen-bond donors (Lipinski definition) is 2. The van der Waals surface area contributed by atoms with Crippen molar-refractivity contribution in [2.24, 2.45) is 0 Å². The van der Waals surface area contributed by atoms with E-state index in [2.05, 4.69) is 10.6 Å². The highest BCUT2D eigenvalue weighted by Crippen LogP contribution is 1.73. The van der Waals surface area contributed by atoms with Crippen LogP contribution in [0.3, 0.4) is 0 Å². The van der Waals surface area contributed by atoms with E-state index >= 15 is 0 Å². The fourth-order valence-corrected chi connectivity index (χ4v) is 0.557. The molecule has 0 bridgehead atoms. The molecule has 0 aliphatic carbocycles. The van der Waals surface area contributed by atoms with E-state index in [1.165, 1.54) is 0 Å². The summed E-state index contributed by atoms with van der Waals surface area (Å²) >= 11 is 0. The fraction of sp³-hybridized carbons (Fsp3) is 0.333. The van der Waals surface area contributed by atoms with Gasteiger partial charge in [-0.3, -0.25) is 0 Å². The molecule has 2 N–H and O–H groups in total. The van der Waals surface area contributed by atoms with Crippen molar-refractivity contribution in [2.45, 2.75) is 0 Å². The zero-order chi connectivity index (χ0) is 5.66. The van der Waals surface area contributed by atoms with Gasteiger partial charge in [-0.15, -0.1) is 0 Å². The predicted molar refractivity (Wildman–Crippen MR) is 34.3 cm³/mol. The van der Waals surface area contributed by atoms with Crippen molar-refractivity contribution in [3.8, 4) is 0 Å². The zero-order valence-electron chi connectivity index (χ0n) is 4.72. The second-order valence-corrected chi connectivity index (χ2v) is 1.62. The maximum Gasteiger partial charge on any atom is 0.0342 e. The lowest BCUT2D eigenvalue weighted by atomic mass is 10.5. The first-order chi connectivity index (χ1) is 4.00. The Kier molecular flexibility index (Phi) is 2.04. The molecule has 0 aromatic heterocycles. The lowest BCUT2D eigenvalue weighted by Gasteiger charge is -1.99. The molecule has 2 nitrogen and oxygen atoms in total. The van der Waals surface area contributed by atoms with Gasteiger partial charge in [0.05, 0.1) is 0 Å². The summed E-state index contributed by atoms with van der Waals surface area (Å²) in [6.45, 7) is 1.84. The van der Waals surface area contributed by atoms with Crippen LogP contribution in [0.4, 0.5) is 0 Å². The third-order valence-corrected chi connectivity index (χ3v) is 0.943. The topological polar surface area (TPSA) is 24.1 Å². The molecule has 1 aliphatic heterocycles. The van der Waals surface area contributed by atoms with Crippen LogP contribution in [-0.4, -0.2) is 13.1 Å². The van der Waals surface area contributed by atoms with Gasteiger partial charge in [0, 0.05) is 13.1 Å². The van der Waals surface area contributed by atoms with Gasteiger partial charge < -0.3 is 10.6 Å². The molecule has 1 heterocycles. The fourth-order valence-electron chi connectivity index (χ4n) is 0.557. The second-order valence-electron chi connectivity index (χ2n) is 1.62. The van der Waals surface area contributed by atoms with E-state index in [0.717, 1.165) is 13.1 Å². The van der Waals surface area contributed by atoms with Crippen molar-refractivity contribution in [1.29, 1.82) is 0 Å². The molecular formula is C6H10N2. The first-order valence-electron chi connectivity index (χ1n) is 2.77. The summed E-state index contributed by atoms with van der Waals surface area (Å²) in [4.78, 5) is 0. The van der Waals surface area contributed by atoms with Crippen molar-refractivity contribution in [2.75, 3.05) is 13.1 Å². The largest absolute Gasteiger partial charge is 0.388 e. The van der Waals surface area contributed by atoms with Crippen molar-refractivity contribution in [3.05, 3.63) is 24.6 Å². The van der Waals surface area contributed by atoms with Crippen molar-refractivity contribution >= 4 is 0 Å². The van der Waals surface area contributed by atoms with Crippen LogP contribution in [0.1, 0.15) is 0 Å². The quantitative estimate of drug-likeness (QED) is 0.465. The van der Waals surface area contributed by atoms with Crippen LogP contribution >= 0.6 is 0 Å². The maximum absolute atomic E-state index is 3.08. The smallest absolute Gasteiger partial charge is 0.0342 e.